The van der Waals surface area contributed by atoms with Crippen LogP contribution in [0.3, 0.4) is 0 Å². The van der Waals surface area contributed by atoms with Gasteiger partial charge in [0.2, 0.25) is 0 Å². The minimum Gasteiger partial charge on any atom is -0.133 e. The SMILES string of the molecule is CC1(c2ccc(Br)s2)CC1. The molecule has 1 aromatic heterocycles. The van der Waals surface area contributed by atoms with Gasteiger partial charge in [0.15, 0.2) is 0 Å². The van der Waals surface area contributed by atoms with Gasteiger partial charge in [0.05, 0.1) is 3.79 Å². The first kappa shape index (κ1) is 6.86. The molecule has 0 radical (unpaired) electrons. The molecule has 1 saturated carbocycles. The van der Waals surface area contributed by atoms with E-state index < -0.39 is 0 Å². The van der Waals surface area contributed by atoms with Crippen LogP contribution in [0.2, 0.25) is 0 Å². The molecular weight excluding hydrogens is 208 g/mol. The van der Waals surface area contributed by atoms with Gasteiger partial charge >= 0.3 is 0 Å². The highest BCUT2D eigenvalue weighted by atomic mass is 79.9. The first-order valence-electron chi connectivity index (χ1n) is 3.47. The molecule has 0 nitrogen and oxygen atoms in total. The molecule has 0 unspecified atom stereocenters. The molecule has 54 valence electrons. The quantitative estimate of drug-likeness (QED) is 0.674. The van der Waals surface area contributed by atoms with E-state index in [9.17, 15) is 0 Å². The maximum absolute atomic E-state index is 3.47. The highest BCUT2D eigenvalue weighted by Gasteiger charge is 2.39. The van der Waals surface area contributed by atoms with Crippen LogP contribution in [-0.4, -0.2) is 0 Å². The van der Waals surface area contributed by atoms with Gasteiger partial charge in [-0.1, -0.05) is 6.92 Å². The summed E-state index contributed by atoms with van der Waals surface area (Å²) in [6.07, 6.45) is 2.75. The number of rotatable bonds is 1. The van der Waals surface area contributed by atoms with Crippen LogP contribution in [0.25, 0.3) is 0 Å². The highest BCUT2D eigenvalue weighted by Crippen LogP contribution is 2.50. The third-order valence-electron chi connectivity index (χ3n) is 2.17. The summed E-state index contributed by atoms with van der Waals surface area (Å²) >= 11 is 5.34. The van der Waals surface area contributed by atoms with Crippen molar-refractivity contribution in [1.82, 2.24) is 0 Å². The predicted molar refractivity (Wildman–Crippen MR) is 48.6 cm³/mol. The molecule has 0 aromatic carbocycles. The number of thiophene rings is 1. The lowest BCUT2D eigenvalue weighted by molar-refractivity contribution is 0.809. The maximum Gasteiger partial charge on any atom is 0.0701 e. The standard InChI is InChI=1S/C8H9BrS/c1-8(4-5-8)6-2-3-7(9)10-6/h2-3H,4-5H2,1H3. The second-order valence-corrected chi connectivity index (χ2v) is 5.63. The number of hydrogen-bond acceptors (Lipinski definition) is 1. The summed E-state index contributed by atoms with van der Waals surface area (Å²) in [5.41, 5.74) is 0.552. The summed E-state index contributed by atoms with van der Waals surface area (Å²) in [7, 11) is 0. The van der Waals surface area contributed by atoms with Crippen molar-refractivity contribution in [2.24, 2.45) is 0 Å². The third-order valence-corrected chi connectivity index (χ3v) is 4.10. The lowest BCUT2D eigenvalue weighted by Crippen LogP contribution is -1.93. The normalized spacial score (nSPS) is 21.0. The molecule has 0 N–H and O–H groups in total. The molecule has 1 aromatic rings. The maximum atomic E-state index is 3.47. The minimum atomic E-state index is 0.552. The molecule has 0 bridgehead atoms. The Labute approximate surface area is 73.4 Å². The molecule has 0 aliphatic heterocycles. The molecule has 0 spiro atoms. The lowest BCUT2D eigenvalue weighted by atomic mass is 10.1. The first-order valence-corrected chi connectivity index (χ1v) is 5.07. The van der Waals surface area contributed by atoms with Crippen molar-refractivity contribution in [2.75, 3.05) is 0 Å². The van der Waals surface area contributed by atoms with Crippen LogP contribution < -0.4 is 0 Å². The fourth-order valence-electron chi connectivity index (χ4n) is 1.07. The molecular formula is C8H9BrS. The van der Waals surface area contributed by atoms with Crippen molar-refractivity contribution in [1.29, 1.82) is 0 Å². The molecule has 1 fully saturated rings. The zero-order chi connectivity index (χ0) is 7.19. The number of hydrogen-bond donors (Lipinski definition) is 0. The van der Waals surface area contributed by atoms with E-state index in [4.69, 9.17) is 0 Å². The van der Waals surface area contributed by atoms with Crippen LogP contribution in [0, 0.1) is 0 Å². The zero-order valence-electron chi connectivity index (χ0n) is 5.86. The molecule has 1 aliphatic rings. The van der Waals surface area contributed by atoms with Gasteiger partial charge in [0.1, 0.15) is 0 Å². The summed E-state index contributed by atoms with van der Waals surface area (Å²) in [5, 5.41) is 0. The Kier molecular flexibility index (Phi) is 1.43. The van der Waals surface area contributed by atoms with Gasteiger partial charge in [0.25, 0.3) is 0 Å². The summed E-state index contributed by atoms with van der Waals surface area (Å²) in [6.45, 7) is 2.34. The van der Waals surface area contributed by atoms with Crippen LogP contribution >= 0.6 is 27.3 Å². The summed E-state index contributed by atoms with van der Waals surface area (Å²) in [4.78, 5) is 1.54. The van der Waals surface area contributed by atoms with Crippen LogP contribution in [0.15, 0.2) is 15.9 Å². The van der Waals surface area contributed by atoms with E-state index in [0.29, 0.717) is 5.41 Å². The fraction of sp³-hybridized carbons (Fsp3) is 0.500. The Balaban J connectivity index is 2.34. The van der Waals surface area contributed by atoms with E-state index in [-0.39, 0.29) is 0 Å². The van der Waals surface area contributed by atoms with Gasteiger partial charge in [-0.05, 0) is 40.9 Å². The Morgan fingerprint density at radius 1 is 1.50 bits per heavy atom. The van der Waals surface area contributed by atoms with Gasteiger partial charge in [-0.2, -0.15) is 0 Å². The van der Waals surface area contributed by atoms with Gasteiger partial charge in [-0.3, -0.25) is 0 Å². The molecule has 10 heavy (non-hydrogen) atoms. The summed E-state index contributed by atoms with van der Waals surface area (Å²) < 4.78 is 1.26. The van der Waals surface area contributed by atoms with Crippen molar-refractivity contribution in [3.05, 3.63) is 20.8 Å². The molecule has 2 heteroatoms. The van der Waals surface area contributed by atoms with Crippen molar-refractivity contribution in [3.63, 3.8) is 0 Å². The summed E-state index contributed by atoms with van der Waals surface area (Å²) in [5.74, 6) is 0. The van der Waals surface area contributed by atoms with Crippen LogP contribution in [0.1, 0.15) is 24.6 Å². The van der Waals surface area contributed by atoms with E-state index in [1.807, 2.05) is 11.3 Å². The Morgan fingerprint density at radius 3 is 2.60 bits per heavy atom. The second-order valence-electron chi connectivity index (χ2n) is 3.16. The average Bonchev–Trinajstić information content (AvgIpc) is 2.45. The van der Waals surface area contributed by atoms with Gasteiger partial charge in [-0.25, -0.2) is 0 Å². The van der Waals surface area contributed by atoms with Crippen molar-refractivity contribution >= 4 is 27.3 Å². The lowest BCUT2D eigenvalue weighted by Gasteiger charge is -2.01. The van der Waals surface area contributed by atoms with Crippen molar-refractivity contribution in [2.45, 2.75) is 25.2 Å². The van der Waals surface area contributed by atoms with Crippen LogP contribution in [0.4, 0.5) is 0 Å². The Morgan fingerprint density at radius 2 is 2.20 bits per heavy atom. The first-order chi connectivity index (χ1) is 4.71. The fourth-order valence-corrected chi connectivity index (χ4v) is 2.66. The zero-order valence-corrected chi connectivity index (χ0v) is 8.26. The van der Waals surface area contributed by atoms with E-state index in [0.717, 1.165) is 0 Å². The second kappa shape index (κ2) is 2.08. The van der Waals surface area contributed by atoms with Crippen LogP contribution in [-0.2, 0) is 5.41 Å². The molecule has 1 heterocycles. The Hall–Kier alpha value is 0.180. The number of halogens is 1. The molecule has 0 saturated heterocycles. The van der Waals surface area contributed by atoms with Gasteiger partial charge < -0.3 is 0 Å². The monoisotopic (exact) mass is 216 g/mol. The van der Waals surface area contributed by atoms with Crippen LogP contribution in [0.5, 0.6) is 0 Å². The van der Waals surface area contributed by atoms with Crippen molar-refractivity contribution < 1.29 is 0 Å². The molecule has 1 aliphatic carbocycles. The van der Waals surface area contributed by atoms with E-state index in [1.54, 1.807) is 4.88 Å². The predicted octanol–water partition coefficient (Wildman–Crippen LogP) is 3.56. The molecule has 0 atom stereocenters. The van der Waals surface area contributed by atoms with Crippen molar-refractivity contribution in [3.8, 4) is 0 Å². The Bertz CT molecular complexity index is 248. The topological polar surface area (TPSA) is 0 Å². The van der Waals surface area contributed by atoms with Gasteiger partial charge in [0, 0.05) is 10.3 Å². The summed E-state index contributed by atoms with van der Waals surface area (Å²) in [6, 6.07) is 4.38. The average molecular weight is 217 g/mol. The third kappa shape index (κ3) is 1.04. The highest BCUT2D eigenvalue weighted by molar-refractivity contribution is 9.11. The smallest absolute Gasteiger partial charge is 0.0701 e. The van der Waals surface area contributed by atoms with Gasteiger partial charge in [-0.15, -0.1) is 11.3 Å². The van der Waals surface area contributed by atoms with E-state index in [2.05, 4.69) is 35.0 Å². The minimum absolute atomic E-state index is 0.552. The molecule has 0 amide bonds. The van der Waals surface area contributed by atoms with E-state index in [1.165, 1.54) is 16.6 Å². The largest absolute Gasteiger partial charge is 0.133 e. The van der Waals surface area contributed by atoms with E-state index >= 15 is 0 Å². The molecule has 2 rings (SSSR count).